The molecule has 0 radical (unpaired) electrons. The van der Waals surface area contributed by atoms with Crippen molar-refractivity contribution in [3.8, 4) is 23.2 Å². The normalized spacial score (nSPS) is 17.1. The lowest BCUT2D eigenvalue weighted by atomic mass is 9.78. The number of nitrogens with zero attached hydrogens (tertiary/aromatic N) is 4. The minimum Gasteiger partial charge on any atom is -0.490 e. The van der Waals surface area contributed by atoms with Gasteiger partial charge in [-0.05, 0) is 47.5 Å². The summed E-state index contributed by atoms with van der Waals surface area (Å²) in [6, 6.07) is 18.1. The van der Waals surface area contributed by atoms with Gasteiger partial charge in [-0.25, -0.2) is 9.18 Å². The van der Waals surface area contributed by atoms with Gasteiger partial charge in [0.25, 0.3) is 5.88 Å². The summed E-state index contributed by atoms with van der Waals surface area (Å²) in [7, 11) is 0. The molecule has 10 heteroatoms. The van der Waals surface area contributed by atoms with Crippen molar-refractivity contribution in [3.63, 3.8) is 0 Å². The van der Waals surface area contributed by atoms with Crippen molar-refractivity contribution >= 4 is 6.09 Å². The first-order valence-corrected chi connectivity index (χ1v) is 11.9. The van der Waals surface area contributed by atoms with Crippen molar-refractivity contribution < 1.29 is 23.8 Å². The quantitative estimate of drug-likeness (QED) is 0.344. The molecule has 0 aliphatic heterocycles. The van der Waals surface area contributed by atoms with Crippen LogP contribution in [0.1, 0.15) is 37.8 Å². The van der Waals surface area contributed by atoms with Crippen LogP contribution in [0.15, 0.2) is 73.1 Å². The second-order valence-electron chi connectivity index (χ2n) is 9.41. The van der Waals surface area contributed by atoms with Crippen molar-refractivity contribution in [3.05, 3.63) is 90.0 Å². The van der Waals surface area contributed by atoms with Crippen molar-refractivity contribution in [1.82, 2.24) is 25.3 Å². The van der Waals surface area contributed by atoms with E-state index < -0.39 is 11.9 Å². The molecule has 1 fully saturated rings. The van der Waals surface area contributed by atoms with Gasteiger partial charge in [-0.15, -0.1) is 4.80 Å². The minimum atomic E-state index is -1.00. The molecule has 0 spiro atoms. The molecule has 1 saturated carbocycles. The van der Waals surface area contributed by atoms with Gasteiger partial charge in [-0.1, -0.05) is 38.1 Å². The highest BCUT2D eigenvalue weighted by molar-refractivity contribution is 5.65. The summed E-state index contributed by atoms with van der Waals surface area (Å²) in [5.74, 6) is 0.813. The van der Waals surface area contributed by atoms with Gasteiger partial charge in [0.1, 0.15) is 17.6 Å². The van der Waals surface area contributed by atoms with Crippen molar-refractivity contribution in [2.24, 2.45) is 0 Å². The average Bonchev–Trinajstić information content (AvgIpc) is 3.40. The van der Waals surface area contributed by atoms with E-state index in [0.29, 0.717) is 24.4 Å². The van der Waals surface area contributed by atoms with E-state index in [2.05, 4.69) is 34.3 Å². The molecule has 1 amide bonds. The number of rotatable bonds is 8. The second kappa shape index (κ2) is 9.88. The first-order chi connectivity index (χ1) is 17.8. The number of carbonyl (C=O) groups is 1. The highest BCUT2D eigenvalue weighted by Crippen LogP contribution is 2.35. The third kappa shape index (κ3) is 5.37. The molecular weight excluding hydrogens is 477 g/mol. The van der Waals surface area contributed by atoms with Crippen LogP contribution in [0.5, 0.6) is 17.4 Å². The number of amides is 1. The molecule has 5 rings (SSSR count). The number of aromatic nitrogens is 4. The summed E-state index contributed by atoms with van der Waals surface area (Å²) in [5.41, 5.74) is 1.84. The highest BCUT2D eigenvalue weighted by Gasteiger charge is 2.32. The zero-order valence-corrected chi connectivity index (χ0v) is 20.3. The van der Waals surface area contributed by atoms with Crippen molar-refractivity contribution in [2.45, 2.75) is 44.2 Å². The predicted molar refractivity (Wildman–Crippen MR) is 133 cm³/mol. The third-order valence-corrected chi connectivity index (χ3v) is 6.51. The molecule has 0 bridgehead atoms. The zero-order valence-electron chi connectivity index (χ0n) is 20.3. The summed E-state index contributed by atoms with van der Waals surface area (Å²) >= 11 is 0. The molecule has 9 nitrogen and oxygen atoms in total. The molecule has 2 N–H and O–H groups in total. The monoisotopic (exact) mass is 503 g/mol. The number of hydrogen-bond acceptors (Lipinski definition) is 6. The number of carboxylic acid groups (broad SMARTS) is 1. The maximum absolute atomic E-state index is 14.3. The predicted octanol–water partition coefficient (Wildman–Crippen LogP) is 5.10. The molecule has 37 heavy (non-hydrogen) atoms. The molecule has 1 aliphatic rings. The number of benzene rings is 2. The number of pyridine rings is 1. The summed E-state index contributed by atoms with van der Waals surface area (Å²) in [5, 5.41) is 19.3. The molecule has 1 aliphatic carbocycles. The lowest BCUT2D eigenvalue weighted by Crippen LogP contribution is -2.48. The third-order valence-electron chi connectivity index (χ3n) is 6.51. The maximum atomic E-state index is 14.3. The van der Waals surface area contributed by atoms with Gasteiger partial charge in [0.05, 0.1) is 12.4 Å². The molecule has 2 heterocycles. The number of halogens is 1. The molecule has 2 aromatic carbocycles. The maximum Gasteiger partial charge on any atom is 0.404 e. The molecule has 2 aromatic heterocycles. The van der Waals surface area contributed by atoms with Crippen molar-refractivity contribution in [2.75, 3.05) is 0 Å². The Morgan fingerprint density at radius 2 is 1.57 bits per heavy atom. The van der Waals surface area contributed by atoms with Gasteiger partial charge in [-0.2, -0.15) is 15.2 Å². The second-order valence-corrected chi connectivity index (χ2v) is 9.41. The van der Waals surface area contributed by atoms with Gasteiger partial charge in [0.15, 0.2) is 11.6 Å². The molecule has 0 saturated heterocycles. The molecular formula is C27H26FN5O4. The number of ether oxygens (including phenoxy) is 2. The smallest absolute Gasteiger partial charge is 0.404 e. The van der Waals surface area contributed by atoms with E-state index in [1.54, 1.807) is 12.1 Å². The van der Waals surface area contributed by atoms with Crippen molar-refractivity contribution in [1.29, 1.82) is 0 Å². The Balaban J connectivity index is 1.23. The van der Waals surface area contributed by atoms with E-state index in [-0.39, 0.29) is 23.4 Å². The fraction of sp³-hybridized carbons (Fsp3) is 0.259. The summed E-state index contributed by atoms with van der Waals surface area (Å²) in [6.07, 6.45) is 3.36. The largest absolute Gasteiger partial charge is 0.490 e. The van der Waals surface area contributed by atoms with Crippen LogP contribution < -0.4 is 14.8 Å². The number of hydrogen-bond donors (Lipinski definition) is 2. The van der Waals surface area contributed by atoms with Crippen LogP contribution >= 0.6 is 0 Å². The Kier molecular flexibility index (Phi) is 6.47. The van der Waals surface area contributed by atoms with E-state index in [1.165, 1.54) is 29.3 Å². The molecule has 190 valence electrons. The Morgan fingerprint density at radius 1 is 0.973 bits per heavy atom. The minimum absolute atomic E-state index is 0.0130. The van der Waals surface area contributed by atoms with Gasteiger partial charge in [-0.3, -0.25) is 0 Å². The Morgan fingerprint density at radius 3 is 2.16 bits per heavy atom. The topological polar surface area (TPSA) is 111 Å². The lowest BCUT2D eigenvalue weighted by Gasteiger charge is -2.35. The van der Waals surface area contributed by atoms with E-state index in [1.807, 2.05) is 36.4 Å². The summed E-state index contributed by atoms with van der Waals surface area (Å²) in [4.78, 5) is 16.2. The van der Waals surface area contributed by atoms with E-state index >= 15 is 0 Å². The van der Waals surface area contributed by atoms with Crippen LogP contribution in [0.3, 0.4) is 0 Å². The first-order valence-electron chi connectivity index (χ1n) is 11.9. The molecule has 4 aromatic rings. The van der Waals surface area contributed by atoms with Crippen LogP contribution in [-0.2, 0) is 5.41 Å². The Labute approximate surface area is 212 Å². The molecule has 0 unspecified atom stereocenters. The van der Waals surface area contributed by atoms with Crippen LogP contribution in [0, 0.1) is 5.82 Å². The summed E-state index contributed by atoms with van der Waals surface area (Å²) in [6.45, 7) is 4.24. The van der Waals surface area contributed by atoms with Crippen LogP contribution in [0.4, 0.5) is 9.18 Å². The van der Waals surface area contributed by atoms with E-state index in [0.717, 1.165) is 16.9 Å². The average molecular weight is 504 g/mol. The Hall–Kier alpha value is -4.47. The van der Waals surface area contributed by atoms with Crippen LogP contribution in [0.25, 0.3) is 5.82 Å². The Bertz CT molecular complexity index is 1370. The van der Waals surface area contributed by atoms with E-state index in [9.17, 15) is 9.18 Å². The highest BCUT2D eigenvalue weighted by atomic mass is 19.1. The van der Waals surface area contributed by atoms with E-state index in [4.69, 9.17) is 14.6 Å². The molecule has 0 atom stereocenters. The standard InChI is InChI=1S/C27H26FN5O4/c1-27(2,17-3-7-20(8-4-17)36-22-15-19(16-22)31-26(34)35)18-5-9-21(10-6-18)37-25-23(28)11-12-24(32-25)33-29-13-14-30-33/h3-14,19,22,31H,15-16H2,1-2H3,(H,34,35)/t19-,22-. The van der Waals surface area contributed by atoms with Gasteiger partial charge in [0.2, 0.25) is 0 Å². The van der Waals surface area contributed by atoms with Crippen LogP contribution in [0.2, 0.25) is 0 Å². The zero-order chi connectivity index (χ0) is 26.0. The number of nitrogens with one attached hydrogen (secondary N) is 1. The summed E-state index contributed by atoms with van der Waals surface area (Å²) < 4.78 is 26.0. The van der Waals surface area contributed by atoms with Gasteiger partial charge in [0, 0.05) is 24.3 Å². The first kappa shape index (κ1) is 24.2. The fourth-order valence-corrected chi connectivity index (χ4v) is 4.25. The van der Waals surface area contributed by atoms with Gasteiger partial charge >= 0.3 is 6.09 Å². The fourth-order valence-electron chi connectivity index (χ4n) is 4.25. The van der Waals surface area contributed by atoms with Gasteiger partial charge < -0.3 is 19.9 Å². The lowest BCUT2D eigenvalue weighted by molar-refractivity contribution is 0.0833. The van der Waals surface area contributed by atoms with Crippen LogP contribution in [-0.4, -0.2) is 43.3 Å². The SMILES string of the molecule is CC(C)(c1ccc(Oc2nc(-n3nccn3)ccc2F)cc1)c1ccc(O[C@H]2C[C@H](NC(=O)O)C2)cc1.